The maximum atomic E-state index is 11.3. The number of rotatable bonds is 4. The summed E-state index contributed by atoms with van der Waals surface area (Å²) < 4.78 is 0. The second-order valence-corrected chi connectivity index (χ2v) is 4.63. The van der Waals surface area contributed by atoms with Crippen molar-refractivity contribution in [3.05, 3.63) is 29.6 Å². The van der Waals surface area contributed by atoms with Crippen molar-refractivity contribution in [3.63, 3.8) is 0 Å². The van der Waals surface area contributed by atoms with Gasteiger partial charge in [0.15, 0.2) is 0 Å². The van der Waals surface area contributed by atoms with Gasteiger partial charge >= 0.3 is 12.1 Å². The van der Waals surface area contributed by atoms with Crippen LogP contribution in [0.4, 0.5) is 9.59 Å². The fraction of sp³-hybridized carbons (Fsp3) is 0.308. The average molecular weight is 305 g/mol. The third-order valence-corrected chi connectivity index (χ3v) is 2.32. The first kappa shape index (κ1) is 17.1. The number of amides is 4. The van der Waals surface area contributed by atoms with E-state index in [4.69, 9.17) is 0 Å². The summed E-state index contributed by atoms with van der Waals surface area (Å²) in [5.74, 6) is 0. The van der Waals surface area contributed by atoms with Crippen molar-refractivity contribution in [2.75, 3.05) is 28.2 Å². The number of pyridine rings is 1. The van der Waals surface area contributed by atoms with E-state index in [1.165, 1.54) is 22.2 Å². The number of urea groups is 2. The molecule has 9 nitrogen and oxygen atoms in total. The van der Waals surface area contributed by atoms with Crippen molar-refractivity contribution in [1.29, 1.82) is 0 Å². The van der Waals surface area contributed by atoms with Gasteiger partial charge in [0.25, 0.3) is 0 Å². The molecule has 1 aromatic rings. The summed E-state index contributed by atoms with van der Waals surface area (Å²) in [6.45, 7) is 0. The fourth-order valence-electron chi connectivity index (χ4n) is 1.12. The Morgan fingerprint density at radius 3 is 1.73 bits per heavy atom. The molecule has 9 heteroatoms. The van der Waals surface area contributed by atoms with Crippen LogP contribution in [0.3, 0.4) is 0 Å². The topological polar surface area (TPSA) is 102 Å². The maximum absolute atomic E-state index is 11.3. The van der Waals surface area contributed by atoms with E-state index >= 15 is 0 Å². The molecule has 1 heterocycles. The predicted octanol–water partition coefficient (Wildman–Crippen LogP) is 0.292. The average Bonchev–Trinajstić information content (AvgIpc) is 2.47. The number of carbonyl (C=O) groups is 2. The maximum Gasteiger partial charge on any atom is 0.337 e. The molecule has 118 valence electrons. The van der Waals surface area contributed by atoms with E-state index in [0.717, 1.165) is 0 Å². The van der Waals surface area contributed by atoms with E-state index < -0.39 is 0 Å². The zero-order chi connectivity index (χ0) is 16.5. The SMILES string of the molecule is CN(C)C(=O)N/N=C/c1cccc(/C=N/NC(=O)N(C)C)n1. The van der Waals surface area contributed by atoms with Gasteiger partial charge in [-0.3, -0.25) is 0 Å². The van der Waals surface area contributed by atoms with E-state index in [2.05, 4.69) is 26.0 Å². The lowest BCUT2D eigenvalue weighted by molar-refractivity contribution is 0.217. The predicted molar refractivity (Wildman–Crippen MR) is 83.9 cm³/mol. The van der Waals surface area contributed by atoms with Gasteiger partial charge in [-0.15, -0.1) is 0 Å². The highest BCUT2D eigenvalue weighted by Crippen LogP contribution is 1.94. The lowest BCUT2D eigenvalue weighted by atomic mass is 10.3. The van der Waals surface area contributed by atoms with Gasteiger partial charge in [-0.05, 0) is 12.1 Å². The molecule has 0 spiro atoms. The van der Waals surface area contributed by atoms with Crippen LogP contribution in [0.5, 0.6) is 0 Å². The molecule has 0 unspecified atom stereocenters. The van der Waals surface area contributed by atoms with Crippen molar-refractivity contribution in [1.82, 2.24) is 25.6 Å². The molecule has 0 atom stereocenters. The molecule has 0 bridgehead atoms. The number of hydrogen-bond acceptors (Lipinski definition) is 5. The summed E-state index contributed by atoms with van der Waals surface area (Å²) in [5.41, 5.74) is 5.77. The zero-order valence-electron chi connectivity index (χ0n) is 12.9. The Morgan fingerprint density at radius 1 is 0.955 bits per heavy atom. The van der Waals surface area contributed by atoms with Crippen molar-refractivity contribution < 1.29 is 9.59 Å². The largest absolute Gasteiger partial charge is 0.337 e. The first-order valence-corrected chi connectivity index (χ1v) is 6.38. The van der Waals surface area contributed by atoms with Gasteiger partial charge in [0.05, 0.1) is 23.8 Å². The number of hydrazone groups is 2. The van der Waals surface area contributed by atoms with Crippen LogP contribution in [0.15, 0.2) is 28.4 Å². The smallest absolute Gasteiger partial charge is 0.329 e. The molecule has 1 aromatic heterocycles. The molecule has 1 rings (SSSR count). The van der Waals surface area contributed by atoms with Crippen LogP contribution in [-0.2, 0) is 0 Å². The van der Waals surface area contributed by atoms with Crippen LogP contribution in [-0.4, -0.2) is 67.5 Å². The number of carbonyl (C=O) groups excluding carboxylic acids is 2. The summed E-state index contributed by atoms with van der Waals surface area (Å²) in [6, 6.07) is 4.54. The Hall–Kier alpha value is -2.97. The monoisotopic (exact) mass is 305 g/mol. The van der Waals surface area contributed by atoms with Crippen LogP contribution >= 0.6 is 0 Å². The van der Waals surface area contributed by atoms with Crippen molar-refractivity contribution in [2.45, 2.75) is 0 Å². The lowest BCUT2D eigenvalue weighted by Gasteiger charge is -2.07. The Kier molecular flexibility index (Phi) is 6.48. The fourth-order valence-corrected chi connectivity index (χ4v) is 1.12. The minimum Gasteiger partial charge on any atom is -0.329 e. The van der Waals surface area contributed by atoms with Crippen LogP contribution in [0.1, 0.15) is 11.4 Å². The van der Waals surface area contributed by atoms with Gasteiger partial charge in [-0.2, -0.15) is 10.2 Å². The van der Waals surface area contributed by atoms with Crippen LogP contribution in [0.25, 0.3) is 0 Å². The van der Waals surface area contributed by atoms with Gasteiger partial charge in [0.2, 0.25) is 0 Å². The van der Waals surface area contributed by atoms with Crippen LogP contribution in [0.2, 0.25) is 0 Å². The zero-order valence-corrected chi connectivity index (χ0v) is 12.9. The van der Waals surface area contributed by atoms with E-state index in [-0.39, 0.29) is 12.1 Å². The van der Waals surface area contributed by atoms with Crippen LogP contribution < -0.4 is 10.9 Å². The molecular weight excluding hydrogens is 286 g/mol. The third kappa shape index (κ3) is 5.99. The van der Waals surface area contributed by atoms with Gasteiger partial charge < -0.3 is 9.80 Å². The van der Waals surface area contributed by atoms with Gasteiger partial charge in [-0.1, -0.05) is 6.07 Å². The number of nitrogens with one attached hydrogen (secondary N) is 2. The molecule has 0 aliphatic carbocycles. The molecule has 0 saturated heterocycles. The lowest BCUT2D eigenvalue weighted by Crippen LogP contribution is -2.31. The molecule has 2 N–H and O–H groups in total. The molecule has 0 fully saturated rings. The van der Waals surface area contributed by atoms with Gasteiger partial charge in [-0.25, -0.2) is 25.4 Å². The van der Waals surface area contributed by atoms with Gasteiger partial charge in [0.1, 0.15) is 0 Å². The molecule has 22 heavy (non-hydrogen) atoms. The summed E-state index contributed by atoms with van der Waals surface area (Å²) >= 11 is 0. The summed E-state index contributed by atoms with van der Waals surface area (Å²) in [4.78, 5) is 29.5. The number of hydrogen-bond donors (Lipinski definition) is 2. The summed E-state index contributed by atoms with van der Waals surface area (Å²) in [7, 11) is 6.45. The number of nitrogens with zero attached hydrogens (tertiary/aromatic N) is 5. The molecular formula is C13H19N7O2. The van der Waals surface area contributed by atoms with Crippen molar-refractivity contribution in [2.24, 2.45) is 10.2 Å². The minimum atomic E-state index is -0.333. The summed E-state index contributed by atoms with van der Waals surface area (Å²) in [5, 5.41) is 7.57. The van der Waals surface area contributed by atoms with E-state index in [9.17, 15) is 9.59 Å². The molecule has 0 saturated carbocycles. The Morgan fingerprint density at radius 2 is 1.36 bits per heavy atom. The third-order valence-electron chi connectivity index (χ3n) is 2.32. The first-order chi connectivity index (χ1) is 10.4. The normalized spacial score (nSPS) is 10.7. The standard InChI is InChI=1S/C13H19N7O2/c1-19(2)12(21)17-14-8-10-6-5-7-11(16-10)9-15-18-13(22)20(3)4/h5-9H,1-4H3,(H,17,21)(H,18,22)/b14-8+,15-9+. The molecule has 0 aliphatic heterocycles. The van der Waals surface area contributed by atoms with E-state index in [1.807, 2.05) is 0 Å². The number of aromatic nitrogens is 1. The first-order valence-electron chi connectivity index (χ1n) is 6.38. The molecule has 0 aliphatic rings. The van der Waals surface area contributed by atoms with E-state index in [1.54, 1.807) is 46.4 Å². The highest BCUT2D eigenvalue weighted by atomic mass is 16.2. The van der Waals surface area contributed by atoms with Gasteiger partial charge in [0, 0.05) is 28.2 Å². The van der Waals surface area contributed by atoms with Crippen molar-refractivity contribution >= 4 is 24.5 Å². The Bertz CT molecular complexity index is 534. The van der Waals surface area contributed by atoms with E-state index in [0.29, 0.717) is 11.4 Å². The highest BCUT2D eigenvalue weighted by Gasteiger charge is 2.00. The molecule has 0 radical (unpaired) electrons. The Labute approximate surface area is 128 Å². The quantitative estimate of drug-likeness (QED) is 0.617. The minimum absolute atomic E-state index is 0.333. The second-order valence-electron chi connectivity index (χ2n) is 4.63. The van der Waals surface area contributed by atoms with Crippen LogP contribution in [0, 0.1) is 0 Å². The second kappa shape index (κ2) is 8.35. The molecule has 0 aromatic carbocycles. The molecule has 4 amide bonds. The Balaban J connectivity index is 2.62. The summed E-state index contributed by atoms with van der Waals surface area (Å²) in [6.07, 6.45) is 2.83. The highest BCUT2D eigenvalue weighted by molar-refractivity contribution is 5.83. The van der Waals surface area contributed by atoms with Crippen molar-refractivity contribution in [3.8, 4) is 0 Å².